The Balaban J connectivity index is 0.00000162. The first kappa shape index (κ1) is 16.2. The minimum atomic E-state index is 0. The smallest absolute Gasteiger partial charge is 0.0629 e. The predicted octanol–water partition coefficient (Wildman–Crippen LogP) is 2.46. The van der Waals surface area contributed by atoms with E-state index in [0.29, 0.717) is 5.02 Å². The van der Waals surface area contributed by atoms with Crippen molar-refractivity contribution in [2.75, 3.05) is 32.8 Å². The van der Waals surface area contributed by atoms with Crippen LogP contribution in [0.2, 0.25) is 5.02 Å². The molecule has 2 rings (SSSR count). The van der Waals surface area contributed by atoms with Crippen molar-refractivity contribution in [2.24, 2.45) is 0 Å². The molecule has 1 atom stereocenters. The molecule has 0 spiro atoms. The summed E-state index contributed by atoms with van der Waals surface area (Å²) in [4.78, 5) is 2.28. The second-order valence-corrected chi connectivity index (χ2v) is 5.44. The molecule has 1 aromatic carbocycles. The number of hydrogen-bond donors (Lipinski definition) is 2. The highest BCUT2D eigenvalue weighted by molar-refractivity contribution is 9.10. The van der Waals surface area contributed by atoms with Gasteiger partial charge in [0.15, 0.2) is 0 Å². The monoisotopic (exact) mass is 354 g/mol. The van der Waals surface area contributed by atoms with Crippen LogP contribution >= 0.6 is 39.9 Å². The normalized spacial score (nSPS) is 18.2. The third-order valence-electron chi connectivity index (χ3n) is 3.08. The zero-order valence-electron chi connectivity index (χ0n) is 9.90. The van der Waals surface area contributed by atoms with Crippen LogP contribution in [0, 0.1) is 0 Å². The Morgan fingerprint density at radius 1 is 1.39 bits per heavy atom. The van der Waals surface area contributed by atoms with E-state index in [1.807, 2.05) is 18.2 Å². The van der Waals surface area contributed by atoms with Crippen molar-refractivity contribution in [3.63, 3.8) is 0 Å². The second-order valence-electron chi connectivity index (χ2n) is 4.15. The molecule has 1 aliphatic heterocycles. The summed E-state index contributed by atoms with van der Waals surface area (Å²) < 4.78 is 1.000. The van der Waals surface area contributed by atoms with Gasteiger partial charge in [0.1, 0.15) is 0 Å². The molecular weight excluding hydrogens is 339 g/mol. The number of halogens is 3. The molecule has 6 heteroatoms. The molecule has 0 aromatic heterocycles. The number of nitrogens with one attached hydrogen (secondary N) is 1. The molecule has 2 N–H and O–H groups in total. The van der Waals surface area contributed by atoms with Crippen molar-refractivity contribution in [3.8, 4) is 0 Å². The third-order valence-corrected chi connectivity index (χ3v) is 4.04. The lowest BCUT2D eigenvalue weighted by atomic mass is 10.1. The Morgan fingerprint density at radius 3 is 2.67 bits per heavy atom. The van der Waals surface area contributed by atoms with Gasteiger partial charge in [0.05, 0.1) is 12.6 Å². The SMILES string of the molecule is Cl.OC[C@@H](c1cc(Cl)ccc1Br)N1CCNCC1. The molecule has 0 amide bonds. The van der Waals surface area contributed by atoms with E-state index in [1.54, 1.807) is 0 Å². The molecule has 0 radical (unpaired) electrons. The van der Waals surface area contributed by atoms with E-state index in [4.69, 9.17) is 11.6 Å². The van der Waals surface area contributed by atoms with E-state index in [1.165, 1.54) is 0 Å². The summed E-state index contributed by atoms with van der Waals surface area (Å²) >= 11 is 9.55. The van der Waals surface area contributed by atoms with Gasteiger partial charge in [-0.15, -0.1) is 12.4 Å². The van der Waals surface area contributed by atoms with Crippen molar-refractivity contribution in [1.82, 2.24) is 10.2 Å². The van der Waals surface area contributed by atoms with Crippen molar-refractivity contribution >= 4 is 39.9 Å². The number of rotatable bonds is 3. The molecule has 0 unspecified atom stereocenters. The number of nitrogens with zero attached hydrogens (tertiary/aromatic N) is 1. The van der Waals surface area contributed by atoms with Crippen LogP contribution in [0.5, 0.6) is 0 Å². The Kier molecular flexibility index (Phi) is 6.92. The summed E-state index contributed by atoms with van der Waals surface area (Å²) in [6.07, 6.45) is 0. The quantitative estimate of drug-likeness (QED) is 0.874. The van der Waals surface area contributed by atoms with Gasteiger partial charge in [-0.25, -0.2) is 0 Å². The van der Waals surface area contributed by atoms with Crippen LogP contribution in [0.25, 0.3) is 0 Å². The van der Waals surface area contributed by atoms with Crippen molar-refractivity contribution in [3.05, 3.63) is 33.3 Å². The maximum absolute atomic E-state index is 9.62. The van der Waals surface area contributed by atoms with E-state index in [-0.39, 0.29) is 25.1 Å². The van der Waals surface area contributed by atoms with Crippen molar-refractivity contribution < 1.29 is 5.11 Å². The van der Waals surface area contributed by atoms with E-state index in [9.17, 15) is 5.11 Å². The first-order chi connectivity index (χ1) is 8.22. The number of hydrogen-bond acceptors (Lipinski definition) is 3. The molecule has 102 valence electrons. The average Bonchev–Trinajstić information content (AvgIpc) is 2.36. The lowest BCUT2D eigenvalue weighted by Crippen LogP contribution is -2.46. The van der Waals surface area contributed by atoms with E-state index >= 15 is 0 Å². The molecule has 1 aliphatic rings. The molecule has 1 saturated heterocycles. The number of benzene rings is 1. The van der Waals surface area contributed by atoms with Gasteiger partial charge in [-0.2, -0.15) is 0 Å². The van der Waals surface area contributed by atoms with Gasteiger partial charge in [-0.3, -0.25) is 4.90 Å². The van der Waals surface area contributed by atoms with Gasteiger partial charge >= 0.3 is 0 Å². The average molecular weight is 356 g/mol. The largest absolute Gasteiger partial charge is 0.394 e. The molecule has 3 nitrogen and oxygen atoms in total. The van der Waals surface area contributed by atoms with Gasteiger partial charge in [0, 0.05) is 35.7 Å². The van der Waals surface area contributed by atoms with Crippen molar-refractivity contribution in [1.29, 1.82) is 0 Å². The topological polar surface area (TPSA) is 35.5 Å². The van der Waals surface area contributed by atoms with E-state index in [0.717, 1.165) is 36.2 Å². The highest BCUT2D eigenvalue weighted by Crippen LogP contribution is 2.30. The van der Waals surface area contributed by atoms with Crippen LogP contribution in [0.4, 0.5) is 0 Å². The zero-order chi connectivity index (χ0) is 12.3. The fourth-order valence-corrected chi connectivity index (χ4v) is 2.87. The Bertz CT molecular complexity index is 386. The summed E-state index contributed by atoms with van der Waals surface area (Å²) in [6, 6.07) is 5.73. The number of aliphatic hydroxyl groups is 1. The van der Waals surface area contributed by atoms with Crippen molar-refractivity contribution in [2.45, 2.75) is 6.04 Å². The van der Waals surface area contributed by atoms with Crippen LogP contribution in [0.3, 0.4) is 0 Å². The third kappa shape index (κ3) is 3.83. The highest BCUT2D eigenvalue weighted by atomic mass is 79.9. The lowest BCUT2D eigenvalue weighted by molar-refractivity contribution is 0.110. The highest BCUT2D eigenvalue weighted by Gasteiger charge is 2.23. The van der Waals surface area contributed by atoms with Gasteiger partial charge in [0.25, 0.3) is 0 Å². The summed E-state index contributed by atoms with van der Waals surface area (Å²) in [5.41, 5.74) is 1.06. The van der Waals surface area contributed by atoms with E-state index in [2.05, 4.69) is 26.1 Å². The molecule has 0 saturated carbocycles. The molecular formula is C12H17BrCl2N2O. The maximum Gasteiger partial charge on any atom is 0.0629 e. The molecule has 18 heavy (non-hydrogen) atoms. The maximum atomic E-state index is 9.62. The standard InChI is InChI=1S/C12H16BrClN2O.ClH/c13-11-2-1-9(14)7-10(11)12(8-17)16-5-3-15-4-6-16;/h1-2,7,12,15,17H,3-6,8H2;1H/t12-;/m0./s1. The van der Waals surface area contributed by atoms with Gasteiger partial charge in [-0.1, -0.05) is 27.5 Å². The van der Waals surface area contributed by atoms with Gasteiger partial charge in [-0.05, 0) is 23.8 Å². The summed E-state index contributed by atoms with van der Waals surface area (Å²) in [7, 11) is 0. The number of aliphatic hydroxyl groups excluding tert-OH is 1. The molecule has 0 aliphatic carbocycles. The van der Waals surface area contributed by atoms with Crippen LogP contribution in [0.1, 0.15) is 11.6 Å². The summed E-state index contributed by atoms with van der Waals surface area (Å²) in [5, 5.41) is 13.6. The fraction of sp³-hybridized carbons (Fsp3) is 0.500. The summed E-state index contributed by atoms with van der Waals surface area (Å²) in [6.45, 7) is 3.94. The molecule has 1 fully saturated rings. The Labute approximate surface area is 127 Å². The van der Waals surface area contributed by atoms with Crippen LogP contribution < -0.4 is 5.32 Å². The second kappa shape index (κ2) is 7.68. The number of piperazine rings is 1. The van der Waals surface area contributed by atoms with Crippen LogP contribution in [-0.4, -0.2) is 42.8 Å². The van der Waals surface area contributed by atoms with Gasteiger partial charge in [0.2, 0.25) is 0 Å². The van der Waals surface area contributed by atoms with Gasteiger partial charge < -0.3 is 10.4 Å². The minimum Gasteiger partial charge on any atom is -0.394 e. The summed E-state index contributed by atoms with van der Waals surface area (Å²) in [5.74, 6) is 0. The molecule has 1 aromatic rings. The first-order valence-corrected chi connectivity index (χ1v) is 6.90. The first-order valence-electron chi connectivity index (χ1n) is 5.73. The van der Waals surface area contributed by atoms with Crippen LogP contribution in [-0.2, 0) is 0 Å². The predicted molar refractivity (Wildman–Crippen MR) is 80.7 cm³/mol. The zero-order valence-corrected chi connectivity index (χ0v) is 13.1. The Morgan fingerprint density at radius 2 is 2.06 bits per heavy atom. The molecule has 0 bridgehead atoms. The minimum absolute atomic E-state index is 0. The molecule has 1 heterocycles. The Hall–Kier alpha value is 0.160. The van der Waals surface area contributed by atoms with Crippen LogP contribution in [0.15, 0.2) is 22.7 Å². The van der Waals surface area contributed by atoms with E-state index < -0.39 is 0 Å². The fourth-order valence-electron chi connectivity index (χ4n) is 2.17. The lowest BCUT2D eigenvalue weighted by Gasteiger charge is -2.34.